The van der Waals surface area contributed by atoms with Gasteiger partial charge in [-0.15, -0.1) is 0 Å². The molecule has 0 aliphatic carbocycles. The van der Waals surface area contributed by atoms with E-state index in [2.05, 4.69) is 4.90 Å². The number of rotatable bonds is 4. The maximum atomic E-state index is 10.4. The van der Waals surface area contributed by atoms with E-state index in [9.17, 15) is 4.79 Å². The summed E-state index contributed by atoms with van der Waals surface area (Å²) in [5.41, 5.74) is 0. The highest BCUT2D eigenvalue weighted by atomic mass is 32.2. The fourth-order valence-corrected chi connectivity index (χ4v) is 2.76. The predicted octanol–water partition coefficient (Wildman–Crippen LogP) is 1.29. The van der Waals surface area contributed by atoms with Gasteiger partial charge in [0.25, 0.3) is 0 Å². The number of carboxylic acids is 1. The van der Waals surface area contributed by atoms with Gasteiger partial charge in [-0.1, -0.05) is 0 Å². The molecule has 1 saturated heterocycles. The Labute approximate surface area is 83.5 Å². The number of aliphatic carboxylic acids is 1. The lowest BCUT2D eigenvalue weighted by Crippen LogP contribution is -2.37. The van der Waals surface area contributed by atoms with Crippen LogP contribution in [-0.2, 0) is 4.79 Å². The summed E-state index contributed by atoms with van der Waals surface area (Å²) in [4.78, 5) is 12.5. The number of hydrogen-bond acceptors (Lipinski definition) is 3. The lowest BCUT2D eigenvalue weighted by atomic mass is 10.1. The monoisotopic (exact) mass is 203 g/mol. The van der Waals surface area contributed by atoms with Crippen LogP contribution in [0, 0.1) is 0 Å². The minimum absolute atomic E-state index is 0.262. The molecule has 1 unspecified atom stereocenters. The summed E-state index contributed by atoms with van der Waals surface area (Å²) < 4.78 is 0. The van der Waals surface area contributed by atoms with Crippen LogP contribution in [0.15, 0.2) is 0 Å². The van der Waals surface area contributed by atoms with Crippen LogP contribution in [0.2, 0.25) is 0 Å². The Balaban J connectivity index is 2.20. The Bertz CT molecular complexity index is 169. The molecule has 1 rings (SSSR count). The van der Waals surface area contributed by atoms with E-state index in [0.29, 0.717) is 12.6 Å². The summed E-state index contributed by atoms with van der Waals surface area (Å²) in [6, 6.07) is 0.595. The molecule has 0 spiro atoms. The molecule has 1 heterocycles. The van der Waals surface area contributed by atoms with Gasteiger partial charge in [-0.05, 0) is 25.6 Å². The molecule has 1 aliphatic rings. The molecule has 0 amide bonds. The third kappa shape index (κ3) is 4.00. The van der Waals surface area contributed by atoms with Crippen molar-refractivity contribution in [2.45, 2.75) is 25.3 Å². The lowest BCUT2D eigenvalue weighted by molar-refractivity contribution is -0.137. The van der Waals surface area contributed by atoms with Gasteiger partial charge >= 0.3 is 5.97 Å². The topological polar surface area (TPSA) is 40.5 Å². The summed E-state index contributed by atoms with van der Waals surface area (Å²) in [6.45, 7) is 0.681. The molecule has 0 aromatic rings. The number of carboxylic acid groups (broad SMARTS) is 1. The Morgan fingerprint density at radius 3 is 3.00 bits per heavy atom. The SMILES string of the molecule is CN(CCC(=O)O)C1CCCSC1. The Hall–Kier alpha value is -0.220. The molecule has 3 nitrogen and oxygen atoms in total. The van der Waals surface area contributed by atoms with Gasteiger partial charge < -0.3 is 10.0 Å². The van der Waals surface area contributed by atoms with Crippen molar-refractivity contribution >= 4 is 17.7 Å². The second kappa shape index (κ2) is 5.50. The molecule has 1 atom stereocenters. The molecule has 0 aromatic carbocycles. The quantitative estimate of drug-likeness (QED) is 0.747. The zero-order valence-corrected chi connectivity index (χ0v) is 8.85. The number of thioether (sulfide) groups is 1. The van der Waals surface area contributed by atoms with Crippen molar-refractivity contribution in [2.24, 2.45) is 0 Å². The maximum Gasteiger partial charge on any atom is 0.304 e. The van der Waals surface area contributed by atoms with Crippen LogP contribution in [0.3, 0.4) is 0 Å². The molecular weight excluding hydrogens is 186 g/mol. The fourth-order valence-electron chi connectivity index (χ4n) is 1.53. The first-order valence-corrected chi connectivity index (χ1v) is 5.85. The van der Waals surface area contributed by atoms with Crippen molar-refractivity contribution in [2.75, 3.05) is 25.1 Å². The van der Waals surface area contributed by atoms with Gasteiger partial charge in [-0.25, -0.2) is 0 Å². The minimum Gasteiger partial charge on any atom is -0.481 e. The first kappa shape index (κ1) is 10.9. The van der Waals surface area contributed by atoms with Crippen LogP contribution in [-0.4, -0.2) is 47.1 Å². The van der Waals surface area contributed by atoms with Gasteiger partial charge in [-0.2, -0.15) is 11.8 Å². The number of nitrogens with zero attached hydrogens (tertiary/aromatic N) is 1. The van der Waals surface area contributed by atoms with E-state index in [1.54, 1.807) is 0 Å². The average Bonchev–Trinajstić information content (AvgIpc) is 2.15. The Morgan fingerprint density at radius 2 is 2.46 bits per heavy atom. The zero-order valence-electron chi connectivity index (χ0n) is 8.03. The molecule has 0 radical (unpaired) electrons. The highest BCUT2D eigenvalue weighted by Crippen LogP contribution is 2.20. The van der Waals surface area contributed by atoms with Crippen LogP contribution >= 0.6 is 11.8 Å². The van der Waals surface area contributed by atoms with Crippen molar-refractivity contribution in [3.8, 4) is 0 Å². The molecule has 0 saturated carbocycles. The van der Waals surface area contributed by atoms with Crippen molar-refractivity contribution < 1.29 is 9.90 Å². The first-order valence-electron chi connectivity index (χ1n) is 4.70. The molecule has 0 bridgehead atoms. The van der Waals surface area contributed by atoms with Gasteiger partial charge in [0.05, 0.1) is 6.42 Å². The van der Waals surface area contributed by atoms with Gasteiger partial charge in [-0.3, -0.25) is 4.79 Å². The van der Waals surface area contributed by atoms with Crippen LogP contribution in [0.25, 0.3) is 0 Å². The maximum absolute atomic E-state index is 10.4. The standard InChI is InChI=1S/C9H17NO2S/c1-10(5-4-9(11)12)8-3-2-6-13-7-8/h8H,2-7H2,1H3,(H,11,12). The molecule has 1 N–H and O–H groups in total. The lowest BCUT2D eigenvalue weighted by Gasteiger charge is -2.30. The van der Waals surface area contributed by atoms with Crippen LogP contribution in [0.4, 0.5) is 0 Å². The van der Waals surface area contributed by atoms with Gasteiger partial charge in [0.1, 0.15) is 0 Å². The smallest absolute Gasteiger partial charge is 0.304 e. The molecule has 13 heavy (non-hydrogen) atoms. The zero-order chi connectivity index (χ0) is 9.68. The van der Waals surface area contributed by atoms with Crippen LogP contribution < -0.4 is 0 Å². The van der Waals surface area contributed by atoms with Gasteiger partial charge in [0.15, 0.2) is 0 Å². The van der Waals surface area contributed by atoms with Crippen LogP contribution in [0.1, 0.15) is 19.3 Å². The normalized spacial score (nSPS) is 23.4. The van der Waals surface area contributed by atoms with E-state index < -0.39 is 5.97 Å². The van der Waals surface area contributed by atoms with Crippen molar-refractivity contribution in [1.82, 2.24) is 4.90 Å². The van der Waals surface area contributed by atoms with E-state index in [0.717, 1.165) is 5.75 Å². The Kier molecular flexibility index (Phi) is 4.59. The van der Waals surface area contributed by atoms with Crippen molar-refractivity contribution in [3.63, 3.8) is 0 Å². The van der Waals surface area contributed by atoms with E-state index in [-0.39, 0.29) is 6.42 Å². The highest BCUT2D eigenvalue weighted by molar-refractivity contribution is 7.99. The molecule has 1 fully saturated rings. The van der Waals surface area contributed by atoms with Crippen LogP contribution in [0.5, 0.6) is 0 Å². The number of hydrogen-bond donors (Lipinski definition) is 1. The molecule has 1 aliphatic heterocycles. The third-order valence-corrected chi connectivity index (χ3v) is 3.64. The second-order valence-corrected chi connectivity index (χ2v) is 4.65. The molecular formula is C9H17NO2S. The summed E-state index contributed by atoms with van der Waals surface area (Å²) in [5.74, 6) is 1.73. The molecule has 0 aromatic heterocycles. The van der Waals surface area contributed by atoms with Crippen molar-refractivity contribution in [1.29, 1.82) is 0 Å². The average molecular weight is 203 g/mol. The highest BCUT2D eigenvalue weighted by Gasteiger charge is 2.18. The third-order valence-electron chi connectivity index (χ3n) is 2.44. The summed E-state index contributed by atoms with van der Waals surface area (Å²) in [5, 5.41) is 8.53. The van der Waals surface area contributed by atoms with Gasteiger partial charge in [0, 0.05) is 18.3 Å². The molecule has 76 valence electrons. The summed E-state index contributed by atoms with van der Waals surface area (Å²) >= 11 is 1.98. The van der Waals surface area contributed by atoms with E-state index >= 15 is 0 Å². The fraction of sp³-hybridized carbons (Fsp3) is 0.889. The predicted molar refractivity (Wildman–Crippen MR) is 55.2 cm³/mol. The summed E-state index contributed by atoms with van der Waals surface area (Å²) in [7, 11) is 2.03. The van der Waals surface area contributed by atoms with E-state index in [1.807, 2.05) is 18.8 Å². The number of carbonyl (C=O) groups is 1. The van der Waals surface area contributed by atoms with Crippen molar-refractivity contribution in [3.05, 3.63) is 0 Å². The van der Waals surface area contributed by atoms with E-state index in [4.69, 9.17) is 5.11 Å². The van der Waals surface area contributed by atoms with Gasteiger partial charge in [0.2, 0.25) is 0 Å². The Morgan fingerprint density at radius 1 is 1.69 bits per heavy atom. The summed E-state index contributed by atoms with van der Waals surface area (Å²) in [6.07, 6.45) is 2.76. The van der Waals surface area contributed by atoms with E-state index in [1.165, 1.54) is 18.6 Å². The second-order valence-electron chi connectivity index (χ2n) is 3.50. The first-order chi connectivity index (χ1) is 6.20. The minimum atomic E-state index is -0.699. The largest absolute Gasteiger partial charge is 0.481 e. The molecule has 4 heteroatoms.